The Morgan fingerprint density at radius 3 is 2.24 bits per heavy atom. The molecule has 3 rings (SSSR count). The maximum absolute atomic E-state index is 12.0. The van der Waals surface area contributed by atoms with E-state index < -0.39 is 11.8 Å². The van der Waals surface area contributed by atoms with Crippen LogP contribution in [0.15, 0.2) is 60.1 Å². The first-order chi connectivity index (χ1) is 12.1. The number of thiophene rings is 1. The Balaban J connectivity index is 1.55. The van der Waals surface area contributed by atoms with Crippen LogP contribution in [0.3, 0.4) is 0 Å². The fraction of sp³-hybridized carbons (Fsp3) is 0. The summed E-state index contributed by atoms with van der Waals surface area (Å²) >= 11 is 1.35. The molecule has 0 unspecified atom stereocenters. The molecule has 0 saturated carbocycles. The largest absolute Gasteiger partial charge is 0.357 e. The molecule has 2 aromatic heterocycles. The van der Waals surface area contributed by atoms with Gasteiger partial charge in [-0.05, 0) is 47.8 Å². The second kappa shape index (κ2) is 7.45. The third-order valence-electron chi connectivity index (χ3n) is 3.28. The van der Waals surface area contributed by atoms with E-state index in [1.807, 2.05) is 5.38 Å². The molecule has 0 aliphatic rings. The minimum atomic E-state index is -0.462. The molecule has 0 aliphatic heterocycles. The molecule has 25 heavy (non-hydrogen) atoms. The first kappa shape index (κ1) is 16.5. The smallest absolute Gasteiger partial charge is 0.286 e. The highest BCUT2D eigenvalue weighted by molar-refractivity contribution is 7.12. The van der Waals surface area contributed by atoms with E-state index in [2.05, 4.69) is 21.2 Å². The van der Waals surface area contributed by atoms with Crippen molar-refractivity contribution in [1.82, 2.24) is 15.8 Å². The zero-order chi connectivity index (χ0) is 17.6. The predicted molar refractivity (Wildman–Crippen MR) is 94.4 cm³/mol. The number of hydrazine groups is 1. The lowest BCUT2D eigenvalue weighted by atomic mass is 10.2. The van der Waals surface area contributed by atoms with E-state index in [9.17, 15) is 14.4 Å². The van der Waals surface area contributed by atoms with Crippen molar-refractivity contribution in [3.8, 4) is 0 Å². The normalized spacial score (nSPS) is 10.1. The van der Waals surface area contributed by atoms with Gasteiger partial charge in [-0.25, -0.2) is 0 Å². The minimum Gasteiger partial charge on any atom is -0.357 e. The summed E-state index contributed by atoms with van der Waals surface area (Å²) in [4.78, 5) is 39.0. The minimum absolute atomic E-state index is 0.203. The average Bonchev–Trinajstić information content (AvgIpc) is 3.33. The lowest BCUT2D eigenvalue weighted by molar-refractivity contribution is 0.0844. The van der Waals surface area contributed by atoms with Crippen molar-refractivity contribution in [3.05, 3.63) is 76.2 Å². The van der Waals surface area contributed by atoms with Crippen LogP contribution < -0.4 is 16.2 Å². The zero-order valence-electron chi connectivity index (χ0n) is 12.9. The molecule has 7 nitrogen and oxygen atoms in total. The van der Waals surface area contributed by atoms with Crippen LogP contribution in [0.1, 0.15) is 30.5 Å². The summed E-state index contributed by atoms with van der Waals surface area (Å²) in [6, 6.07) is 13.1. The Kier molecular flexibility index (Phi) is 4.91. The molecule has 3 amide bonds. The lowest BCUT2D eigenvalue weighted by Crippen LogP contribution is -2.41. The predicted octanol–water partition coefficient (Wildman–Crippen LogP) is 2.40. The van der Waals surface area contributed by atoms with E-state index in [1.165, 1.54) is 11.3 Å². The van der Waals surface area contributed by atoms with Gasteiger partial charge in [0.1, 0.15) is 5.69 Å². The van der Waals surface area contributed by atoms with Crippen LogP contribution in [0.2, 0.25) is 0 Å². The first-order valence-corrected chi connectivity index (χ1v) is 8.20. The van der Waals surface area contributed by atoms with E-state index >= 15 is 0 Å². The fourth-order valence-electron chi connectivity index (χ4n) is 2.03. The number of H-pyrrole nitrogens is 1. The Morgan fingerprint density at radius 2 is 1.60 bits per heavy atom. The number of aromatic nitrogens is 1. The molecule has 0 bridgehead atoms. The van der Waals surface area contributed by atoms with Gasteiger partial charge in [0.25, 0.3) is 17.7 Å². The van der Waals surface area contributed by atoms with Crippen molar-refractivity contribution in [2.75, 3.05) is 5.32 Å². The standard InChI is InChI=1S/C17H14N4O3S/c22-15(20-21-16(23)13-3-1-9-18-13)11-5-7-12(8-6-11)19-17(24)14-4-2-10-25-14/h1-10,18H,(H,19,24)(H,20,22)(H,21,23). The number of amides is 3. The van der Waals surface area contributed by atoms with Gasteiger partial charge in [0, 0.05) is 17.4 Å². The topological polar surface area (TPSA) is 103 Å². The van der Waals surface area contributed by atoms with Crippen LogP contribution >= 0.6 is 11.3 Å². The molecule has 0 saturated heterocycles. The number of carbonyl (C=O) groups is 3. The Labute approximate surface area is 147 Å². The molecule has 0 fully saturated rings. The van der Waals surface area contributed by atoms with Gasteiger partial charge < -0.3 is 10.3 Å². The van der Waals surface area contributed by atoms with Crippen molar-refractivity contribution >= 4 is 34.7 Å². The van der Waals surface area contributed by atoms with Crippen LogP contribution in [0.4, 0.5) is 5.69 Å². The summed E-state index contributed by atoms with van der Waals surface area (Å²) in [5, 5.41) is 4.57. The number of aromatic amines is 1. The average molecular weight is 354 g/mol. The van der Waals surface area contributed by atoms with E-state index in [0.29, 0.717) is 21.8 Å². The summed E-state index contributed by atoms with van der Waals surface area (Å²) < 4.78 is 0. The van der Waals surface area contributed by atoms with E-state index in [4.69, 9.17) is 0 Å². The molecule has 0 atom stereocenters. The van der Waals surface area contributed by atoms with Crippen LogP contribution in [-0.4, -0.2) is 22.7 Å². The quantitative estimate of drug-likeness (QED) is 0.541. The van der Waals surface area contributed by atoms with Crippen molar-refractivity contribution in [2.24, 2.45) is 0 Å². The van der Waals surface area contributed by atoms with Gasteiger partial charge in [-0.15, -0.1) is 11.3 Å². The number of nitrogens with one attached hydrogen (secondary N) is 4. The SMILES string of the molecule is O=C(NNC(=O)c1ccc[nH]1)c1ccc(NC(=O)c2cccs2)cc1. The van der Waals surface area contributed by atoms with Crippen LogP contribution in [0, 0.1) is 0 Å². The van der Waals surface area contributed by atoms with Gasteiger partial charge in [0.15, 0.2) is 0 Å². The second-order valence-corrected chi connectivity index (χ2v) is 5.95. The third kappa shape index (κ3) is 4.12. The van der Waals surface area contributed by atoms with Gasteiger partial charge in [0.05, 0.1) is 4.88 Å². The molecule has 1 aromatic carbocycles. The maximum Gasteiger partial charge on any atom is 0.286 e. The molecule has 4 N–H and O–H groups in total. The van der Waals surface area contributed by atoms with Crippen molar-refractivity contribution in [3.63, 3.8) is 0 Å². The molecule has 0 aliphatic carbocycles. The van der Waals surface area contributed by atoms with Crippen LogP contribution in [0.5, 0.6) is 0 Å². The Hall–Kier alpha value is -3.39. The maximum atomic E-state index is 12.0. The van der Waals surface area contributed by atoms with Gasteiger partial charge in [-0.3, -0.25) is 25.2 Å². The first-order valence-electron chi connectivity index (χ1n) is 7.32. The number of hydrogen-bond donors (Lipinski definition) is 4. The summed E-state index contributed by atoms with van der Waals surface area (Å²) in [6.07, 6.45) is 1.61. The summed E-state index contributed by atoms with van der Waals surface area (Å²) in [5.74, 6) is -1.11. The molecule has 3 aromatic rings. The molecule has 8 heteroatoms. The Bertz CT molecular complexity index is 871. The van der Waals surface area contributed by atoms with Crippen molar-refractivity contribution < 1.29 is 14.4 Å². The molecule has 0 radical (unpaired) electrons. The molecule has 2 heterocycles. The van der Waals surface area contributed by atoms with Crippen LogP contribution in [-0.2, 0) is 0 Å². The van der Waals surface area contributed by atoms with Gasteiger partial charge in [-0.1, -0.05) is 6.07 Å². The summed E-state index contributed by atoms with van der Waals surface area (Å²) in [7, 11) is 0. The number of anilines is 1. The monoisotopic (exact) mass is 354 g/mol. The Morgan fingerprint density at radius 1 is 0.840 bits per heavy atom. The molecular weight excluding hydrogens is 340 g/mol. The lowest BCUT2D eigenvalue weighted by Gasteiger charge is -2.08. The molecule has 0 spiro atoms. The highest BCUT2D eigenvalue weighted by Crippen LogP contribution is 2.14. The van der Waals surface area contributed by atoms with E-state index in [-0.39, 0.29) is 5.91 Å². The zero-order valence-corrected chi connectivity index (χ0v) is 13.7. The second-order valence-electron chi connectivity index (χ2n) is 5.00. The van der Waals surface area contributed by atoms with E-state index in [1.54, 1.807) is 54.7 Å². The number of benzene rings is 1. The molecular formula is C17H14N4O3S. The number of carbonyl (C=O) groups excluding carboxylic acids is 3. The van der Waals surface area contributed by atoms with Crippen LogP contribution in [0.25, 0.3) is 0 Å². The van der Waals surface area contributed by atoms with E-state index in [0.717, 1.165) is 0 Å². The highest BCUT2D eigenvalue weighted by atomic mass is 32.1. The van der Waals surface area contributed by atoms with Gasteiger partial charge in [-0.2, -0.15) is 0 Å². The number of hydrogen-bond acceptors (Lipinski definition) is 4. The third-order valence-corrected chi connectivity index (χ3v) is 4.15. The summed E-state index contributed by atoms with van der Waals surface area (Å²) in [5.41, 5.74) is 5.90. The van der Waals surface area contributed by atoms with Crippen molar-refractivity contribution in [1.29, 1.82) is 0 Å². The summed E-state index contributed by atoms with van der Waals surface area (Å²) in [6.45, 7) is 0. The number of rotatable bonds is 4. The fourth-order valence-corrected chi connectivity index (χ4v) is 2.65. The molecule has 126 valence electrons. The van der Waals surface area contributed by atoms with Crippen molar-refractivity contribution in [2.45, 2.75) is 0 Å². The van der Waals surface area contributed by atoms with Gasteiger partial charge >= 0.3 is 0 Å². The highest BCUT2D eigenvalue weighted by Gasteiger charge is 2.10. The van der Waals surface area contributed by atoms with Gasteiger partial charge in [0.2, 0.25) is 0 Å².